The van der Waals surface area contributed by atoms with Crippen molar-refractivity contribution < 1.29 is 4.79 Å². The number of carbonyl (C=O) groups excluding carboxylic acids is 1. The summed E-state index contributed by atoms with van der Waals surface area (Å²) in [6.07, 6.45) is 0.439. The van der Waals surface area contributed by atoms with Crippen molar-refractivity contribution in [3.05, 3.63) is 33.3 Å². The highest BCUT2D eigenvalue weighted by Crippen LogP contribution is 2.33. The molecule has 0 saturated carbocycles. The summed E-state index contributed by atoms with van der Waals surface area (Å²) in [7, 11) is 0. The Morgan fingerprint density at radius 2 is 2.17 bits per heavy atom. The number of halogens is 2. The third-order valence-corrected chi connectivity index (χ3v) is 6.87. The Kier molecular flexibility index (Phi) is 5.48. The van der Waals surface area contributed by atoms with E-state index in [9.17, 15) is 4.79 Å². The van der Waals surface area contributed by atoms with Gasteiger partial charge in [-0.05, 0) is 17.7 Å². The summed E-state index contributed by atoms with van der Waals surface area (Å²) >= 11 is 13.2. The van der Waals surface area contributed by atoms with E-state index in [1.807, 2.05) is 30.0 Å². The topological polar surface area (TPSA) is 17.1 Å². The van der Waals surface area contributed by atoms with Crippen molar-refractivity contribution in [1.82, 2.24) is 0 Å². The van der Waals surface area contributed by atoms with Gasteiger partial charge in [0, 0.05) is 32.7 Å². The van der Waals surface area contributed by atoms with Crippen molar-refractivity contribution >= 4 is 56.8 Å². The Morgan fingerprint density at radius 3 is 2.83 bits per heavy atom. The van der Waals surface area contributed by atoms with Gasteiger partial charge in [0.25, 0.3) is 0 Å². The zero-order valence-corrected chi connectivity index (χ0v) is 14.0. The van der Waals surface area contributed by atoms with Crippen LogP contribution in [0.4, 0.5) is 0 Å². The summed E-state index contributed by atoms with van der Waals surface area (Å²) < 4.78 is 0.944. The Morgan fingerprint density at radius 1 is 1.44 bits per heavy atom. The summed E-state index contributed by atoms with van der Waals surface area (Å²) in [6, 6.07) is 5.70. The van der Waals surface area contributed by atoms with E-state index >= 15 is 0 Å². The van der Waals surface area contributed by atoms with Crippen LogP contribution in [0.1, 0.15) is 12.5 Å². The van der Waals surface area contributed by atoms with E-state index in [1.165, 1.54) is 0 Å². The average molecular weight is 366 g/mol. The molecule has 18 heavy (non-hydrogen) atoms. The highest BCUT2D eigenvalue weighted by atomic mass is 79.9. The average Bonchev–Trinajstić information content (AvgIpc) is 2.33. The van der Waals surface area contributed by atoms with Gasteiger partial charge in [-0.3, -0.25) is 4.79 Å². The maximum absolute atomic E-state index is 12.3. The van der Waals surface area contributed by atoms with Gasteiger partial charge in [0.15, 0.2) is 5.78 Å². The molecule has 0 bridgehead atoms. The fraction of sp³-hybridized carbons (Fsp3) is 0.462. The molecular formula is C13H14BrClOS2. The van der Waals surface area contributed by atoms with Crippen molar-refractivity contribution in [2.75, 3.05) is 11.5 Å². The molecule has 0 aliphatic carbocycles. The summed E-state index contributed by atoms with van der Waals surface area (Å²) in [5, 5.41) is 1.19. The maximum Gasteiger partial charge on any atom is 0.151 e. The molecule has 1 aromatic carbocycles. The van der Waals surface area contributed by atoms with Crippen molar-refractivity contribution in [1.29, 1.82) is 0 Å². The molecule has 5 heteroatoms. The lowest BCUT2D eigenvalue weighted by Gasteiger charge is -2.26. The standard InChI is InChI=1S/C13H14BrClOS2/c1-8-13(18-5-4-17-8)12(16)6-9-2-3-10(14)7-11(9)15/h2-3,7-8,13H,4-6H2,1H3. The van der Waals surface area contributed by atoms with Gasteiger partial charge in [-0.15, -0.1) is 11.8 Å². The van der Waals surface area contributed by atoms with Crippen LogP contribution in [0.5, 0.6) is 0 Å². The molecular weight excluding hydrogens is 352 g/mol. The minimum Gasteiger partial charge on any atom is -0.298 e. The molecule has 0 aromatic heterocycles. The number of hydrogen-bond acceptors (Lipinski definition) is 3. The highest BCUT2D eigenvalue weighted by Gasteiger charge is 2.29. The molecule has 2 unspecified atom stereocenters. The van der Waals surface area contributed by atoms with Gasteiger partial charge < -0.3 is 0 Å². The number of thioether (sulfide) groups is 2. The quantitative estimate of drug-likeness (QED) is 0.787. The second-order valence-electron chi connectivity index (χ2n) is 4.25. The Bertz CT molecular complexity index is 453. The number of ketones is 1. The van der Waals surface area contributed by atoms with E-state index in [4.69, 9.17) is 11.6 Å². The van der Waals surface area contributed by atoms with E-state index in [0.29, 0.717) is 22.5 Å². The van der Waals surface area contributed by atoms with Gasteiger partial charge in [-0.25, -0.2) is 0 Å². The molecule has 0 spiro atoms. The molecule has 1 aliphatic heterocycles. The largest absolute Gasteiger partial charge is 0.298 e. The maximum atomic E-state index is 12.3. The van der Waals surface area contributed by atoms with Crippen molar-refractivity contribution in [3.8, 4) is 0 Å². The smallest absolute Gasteiger partial charge is 0.151 e. The van der Waals surface area contributed by atoms with Crippen LogP contribution < -0.4 is 0 Å². The third-order valence-electron chi connectivity index (χ3n) is 2.88. The Hall–Kier alpha value is 0.360. The van der Waals surface area contributed by atoms with Crippen molar-refractivity contribution in [3.63, 3.8) is 0 Å². The predicted octanol–water partition coefficient (Wildman–Crippen LogP) is 4.45. The molecule has 98 valence electrons. The highest BCUT2D eigenvalue weighted by molar-refractivity contribution is 9.10. The molecule has 2 rings (SSSR count). The second-order valence-corrected chi connectivity index (χ2v) is 8.30. The van der Waals surface area contributed by atoms with Gasteiger partial charge in [-0.2, -0.15) is 11.8 Å². The first kappa shape index (κ1) is 14.8. The van der Waals surface area contributed by atoms with Crippen LogP contribution in [0.2, 0.25) is 5.02 Å². The van der Waals surface area contributed by atoms with Crippen LogP contribution in [-0.2, 0) is 11.2 Å². The molecule has 1 saturated heterocycles. The molecule has 1 aliphatic rings. The third kappa shape index (κ3) is 3.69. The van der Waals surface area contributed by atoms with E-state index in [-0.39, 0.29) is 5.25 Å². The minimum absolute atomic E-state index is 0.114. The monoisotopic (exact) mass is 364 g/mol. The number of Topliss-reactive ketones (excluding diaryl/α,β-unsaturated/α-hetero) is 1. The molecule has 1 fully saturated rings. The molecule has 2 atom stereocenters. The van der Waals surface area contributed by atoms with Crippen LogP contribution in [-0.4, -0.2) is 27.8 Å². The lowest BCUT2D eigenvalue weighted by Crippen LogP contribution is -2.32. The molecule has 1 nitrogen and oxygen atoms in total. The summed E-state index contributed by atoms with van der Waals surface area (Å²) in [4.78, 5) is 12.3. The zero-order valence-electron chi connectivity index (χ0n) is 9.99. The fourth-order valence-electron chi connectivity index (χ4n) is 1.94. The summed E-state index contributed by atoms with van der Waals surface area (Å²) in [6.45, 7) is 2.14. The fourth-order valence-corrected chi connectivity index (χ4v) is 5.41. The number of benzene rings is 1. The van der Waals surface area contributed by atoms with Crippen molar-refractivity contribution in [2.24, 2.45) is 0 Å². The van der Waals surface area contributed by atoms with Crippen LogP contribution >= 0.6 is 51.1 Å². The van der Waals surface area contributed by atoms with Crippen LogP contribution in [0.15, 0.2) is 22.7 Å². The lowest BCUT2D eigenvalue weighted by molar-refractivity contribution is -0.117. The van der Waals surface area contributed by atoms with Crippen LogP contribution in [0.3, 0.4) is 0 Å². The molecule has 0 amide bonds. The van der Waals surface area contributed by atoms with Crippen molar-refractivity contribution in [2.45, 2.75) is 23.8 Å². The van der Waals surface area contributed by atoms with Crippen LogP contribution in [0, 0.1) is 0 Å². The molecule has 1 aromatic rings. The van der Waals surface area contributed by atoms with E-state index in [2.05, 4.69) is 22.9 Å². The molecule has 1 heterocycles. The first-order chi connectivity index (χ1) is 8.58. The first-order valence-corrected chi connectivity index (χ1v) is 9.04. The van der Waals surface area contributed by atoms with E-state index < -0.39 is 0 Å². The lowest BCUT2D eigenvalue weighted by atomic mass is 10.1. The Labute approximate surface area is 130 Å². The molecule has 0 radical (unpaired) electrons. The zero-order chi connectivity index (χ0) is 13.1. The minimum atomic E-state index is 0.114. The second kappa shape index (κ2) is 6.69. The first-order valence-electron chi connectivity index (χ1n) is 5.78. The summed E-state index contributed by atoms with van der Waals surface area (Å²) in [5.41, 5.74) is 0.924. The van der Waals surface area contributed by atoms with Crippen LogP contribution in [0.25, 0.3) is 0 Å². The van der Waals surface area contributed by atoms with Gasteiger partial charge in [-0.1, -0.05) is 40.5 Å². The SMILES string of the molecule is CC1SCCSC1C(=O)Cc1ccc(Br)cc1Cl. The Balaban J connectivity index is 2.06. The summed E-state index contributed by atoms with van der Waals surface area (Å²) in [5.74, 6) is 2.51. The van der Waals surface area contributed by atoms with Gasteiger partial charge in [0.05, 0.1) is 5.25 Å². The number of rotatable bonds is 3. The number of carbonyl (C=O) groups is 1. The van der Waals surface area contributed by atoms with E-state index in [0.717, 1.165) is 21.5 Å². The van der Waals surface area contributed by atoms with Gasteiger partial charge in [0.2, 0.25) is 0 Å². The number of hydrogen-bond donors (Lipinski definition) is 0. The van der Waals surface area contributed by atoms with Gasteiger partial charge >= 0.3 is 0 Å². The normalized spacial score (nSPS) is 23.9. The predicted molar refractivity (Wildman–Crippen MR) is 86.0 cm³/mol. The van der Waals surface area contributed by atoms with E-state index in [1.54, 1.807) is 11.8 Å². The van der Waals surface area contributed by atoms with Gasteiger partial charge in [0.1, 0.15) is 0 Å². The molecule has 0 N–H and O–H groups in total.